The van der Waals surface area contributed by atoms with E-state index < -0.39 is 11.9 Å². The molecular weight excluding hydrogens is 286 g/mol. The van der Waals surface area contributed by atoms with Crippen LogP contribution in [0.4, 0.5) is 4.79 Å². The van der Waals surface area contributed by atoms with Gasteiger partial charge in [-0.05, 0) is 25.5 Å². The number of aromatic nitrogens is 2. The highest BCUT2D eigenvalue weighted by atomic mass is 16.3. The number of hydrogen-bond acceptors (Lipinski definition) is 5. The first-order valence-corrected chi connectivity index (χ1v) is 6.80. The summed E-state index contributed by atoms with van der Waals surface area (Å²) in [6, 6.07) is 3.14. The summed E-state index contributed by atoms with van der Waals surface area (Å²) >= 11 is 0. The zero-order valence-corrected chi connectivity index (χ0v) is 12.1. The second kappa shape index (κ2) is 7.77. The van der Waals surface area contributed by atoms with Crippen LogP contribution in [0.5, 0.6) is 0 Å². The lowest BCUT2D eigenvalue weighted by Gasteiger charge is -2.14. The molecule has 0 aliphatic carbocycles. The smallest absolute Gasteiger partial charge is 0.333 e. The maximum atomic E-state index is 11.7. The summed E-state index contributed by atoms with van der Waals surface area (Å²) < 4.78 is 5.22. The van der Waals surface area contributed by atoms with E-state index in [1.807, 2.05) is 19.1 Å². The minimum Gasteiger partial charge on any atom is -0.469 e. The molecule has 0 fully saturated rings. The van der Waals surface area contributed by atoms with Gasteiger partial charge in [-0.25, -0.2) is 15.2 Å². The van der Waals surface area contributed by atoms with Gasteiger partial charge >= 0.3 is 6.03 Å². The van der Waals surface area contributed by atoms with Gasteiger partial charge in [0.25, 0.3) is 5.91 Å². The predicted molar refractivity (Wildman–Crippen MR) is 77.7 cm³/mol. The standard InChI is InChI=1S/C14H17N5O3/c1-10(4-5-11-3-2-8-22-11)17-14(21)19-18-13(20)12-9-15-6-7-16-12/h2-3,6-10H,4-5H2,1H3,(H,18,20)(H2,17,19,21)/t10-/m0/s1. The molecule has 0 aliphatic rings. The van der Waals surface area contributed by atoms with Crippen LogP contribution in [-0.2, 0) is 6.42 Å². The highest BCUT2D eigenvalue weighted by Gasteiger charge is 2.11. The SMILES string of the molecule is C[C@@H](CCc1ccco1)NC(=O)NNC(=O)c1cnccn1. The maximum Gasteiger partial charge on any atom is 0.333 e. The van der Waals surface area contributed by atoms with Crippen molar-refractivity contribution in [2.75, 3.05) is 0 Å². The number of furan rings is 1. The van der Waals surface area contributed by atoms with Crippen molar-refractivity contribution in [2.45, 2.75) is 25.8 Å². The molecule has 3 amide bonds. The molecule has 2 aromatic rings. The molecule has 2 aromatic heterocycles. The van der Waals surface area contributed by atoms with E-state index in [0.717, 1.165) is 18.6 Å². The van der Waals surface area contributed by atoms with Gasteiger partial charge in [0.15, 0.2) is 0 Å². The molecule has 1 atom stereocenters. The van der Waals surface area contributed by atoms with Crippen molar-refractivity contribution >= 4 is 11.9 Å². The molecular formula is C14H17N5O3. The average Bonchev–Trinajstić information content (AvgIpc) is 3.05. The molecule has 0 bridgehead atoms. The molecule has 2 rings (SSSR count). The second-order valence-corrected chi connectivity index (χ2v) is 4.66. The van der Waals surface area contributed by atoms with Gasteiger partial charge in [-0.15, -0.1) is 0 Å². The van der Waals surface area contributed by atoms with Crippen LogP contribution in [0.25, 0.3) is 0 Å². The number of nitrogens with zero attached hydrogens (tertiary/aromatic N) is 2. The first-order chi connectivity index (χ1) is 10.6. The van der Waals surface area contributed by atoms with Crippen LogP contribution >= 0.6 is 0 Å². The summed E-state index contributed by atoms with van der Waals surface area (Å²) in [6.45, 7) is 1.87. The number of urea groups is 1. The van der Waals surface area contributed by atoms with Gasteiger partial charge in [-0.2, -0.15) is 0 Å². The van der Waals surface area contributed by atoms with Crippen LogP contribution in [0, 0.1) is 0 Å². The number of hydrazine groups is 1. The summed E-state index contributed by atoms with van der Waals surface area (Å²) in [4.78, 5) is 30.9. The molecule has 2 heterocycles. The first-order valence-electron chi connectivity index (χ1n) is 6.80. The molecule has 8 nitrogen and oxygen atoms in total. The quantitative estimate of drug-likeness (QED) is 0.715. The van der Waals surface area contributed by atoms with Crippen LogP contribution in [0.3, 0.4) is 0 Å². The van der Waals surface area contributed by atoms with Crippen LogP contribution < -0.4 is 16.2 Å². The number of rotatable bonds is 5. The van der Waals surface area contributed by atoms with E-state index in [-0.39, 0.29) is 11.7 Å². The molecule has 0 saturated heterocycles. The summed E-state index contributed by atoms with van der Waals surface area (Å²) in [5.41, 5.74) is 4.64. The minimum atomic E-state index is -0.536. The minimum absolute atomic E-state index is 0.0708. The van der Waals surface area contributed by atoms with Crippen molar-refractivity contribution < 1.29 is 14.0 Å². The Bertz CT molecular complexity index is 600. The fourth-order valence-electron chi connectivity index (χ4n) is 1.74. The molecule has 0 aromatic carbocycles. The number of hydrogen-bond donors (Lipinski definition) is 3. The lowest BCUT2D eigenvalue weighted by atomic mass is 10.1. The summed E-state index contributed by atoms with van der Waals surface area (Å²) in [6.07, 6.45) is 7.21. The Kier molecular flexibility index (Phi) is 5.47. The zero-order valence-electron chi connectivity index (χ0n) is 12.1. The van der Waals surface area contributed by atoms with E-state index in [2.05, 4.69) is 26.1 Å². The maximum absolute atomic E-state index is 11.7. The molecule has 0 spiro atoms. The molecule has 8 heteroatoms. The van der Waals surface area contributed by atoms with Crippen LogP contribution in [-0.4, -0.2) is 27.9 Å². The number of nitrogens with one attached hydrogen (secondary N) is 3. The second-order valence-electron chi connectivity index (χ2n) is 4.66. The van der Waals surface area contributed by atoms with Crippen molar-refractivity contribution in [1.29, 1.82) is 0 Å². The third-order valence-electron chi connectivity index (χ3n) is 2.87. The van der Waals surface area contributed by atoms with Crippen molar-refractivity contribution in [3.63, 3.8) is 0 Å². The van der Waals surface area contributed by atoms with E-state index in [9.17, 15) is 9.59 Å². The zero-order chi connectivity index (χ0) is 15.8. The van der Waals surface area contributed by atoms with Gasteiger partial charge in [0.2, 0.25) is 0 Å². The first kappa shape index (κ1) is 15.5. The normalized spacial score (nSPS) is 11.5. The largest absolute Gasteiger partial charge is 0.469 e. The Morgan fingerprint density at radius 1 is 1.32 bits per heavy atom. The number of amides is 3. The molecule has 0 radical (unpaired) electrons. The average molecular weight is 303 g/mol. The third-order valence-corrected chi connectivity index (χ3v) is 2.87. The Morgan fingerprint density at radius 3 is 2.86 bits per heavy atom. The molecule has 0 unspecified atom stereocenters. The van der Waals surface area contributed by atoms with Gasteiger partial charge in [0.1, 0.15) is 11.5 Å². The van der Waals surface area contributed by atoms with E-state index in [1.165, 1.54) is 18.6 Å². The van der Waals surface area contributed by atoms with Gasteiger partial charge < -0.3 is 9.73 Å². The molecule has 0 saturated carbocycles. The van der Waals surface area contributed by atoms with Crippen molar-refractivity contribution in [1.82, 2.24) is 26.1 Å². The number of carbonyl (C=O) groups is 2. The Morgan fingerprint density at radius 2 is 2.18 bits per heavy atom. The highest BCUT2D eigenvalue weighted by molar-refractivity contribution is 5.93. The van der Waals surface area contributed by atoms with Gasteiger partial charge in [-0.3, -0.25) is 15.2 Å². The Hall–Kier alpha value is -2.90. The summed E-state index contributed by atoms with van der Waals surface area (Å²) in [7, 11) is 0. The van der Waals surface area contributed by atoms with Gasteiger partial charge in [0, 0.05) is 24.9 Å². The molecule has 3 N–H and O–H groups in total. The third kappa shape index (κ3) is 4.89. The lowest BCUT2D eigenvalue weighted by Crippen LogP contribution is -2.49. The molecule has 22 heavy (non-hydrogen) atoms. The molecule has 0 aliphatic heterocycles. The van der Waals surface area contributed by atoms with E-state index in [4.69, 9.17) is 4.42 Å². The van der Waals surface area contributed by atoms with Gasteiger partial charge in [-0.1, -0.05) is 0 Å². The lowest BCUT2D eigenvalue weighted by molar-refractivity contribution is 0.0930. The van der Waals surface area contributed by atoms with Crippen molar-refractivity contribution in [2.24, 2.45) is 0 Å². The predicted octanol–water partition coefficient (Wildman–Crippen LogP) is 1.03. The van der Waals surface area contributed by atoms with E-state index in [1.54, 1.807) is 6.26 Å². The topological polar surface area (TPSA) is 109 Å². The fourth-order valence-corrected chi connectivity index (χ4v) is 1.74. The summed E-state index contributed by atoms with van der Waals surface area (Å²) in [5, 5.41) is 2.71. The Balaban J connectivity index is 1.68. The Labute approximate surface area is 127 Å². The highest BCUT2D eigenvalue weighted by Crippen LogP contribution is 2.05. The van der Waals surface area contributed by atoms with Gasteiger partial charge in [0.05, 0.1) is 12.5 Å². The number of carbonyl (C=O) groups excluding carboxylic acids is 2. The summed E-state index contributed by atoms with van der Waals surface area (Å²) in [5.74, 6) is 0.330. The van der Waals surface area contributed by atoms with Crippen molar-refractivity contribution in [3.8, 4) is 0 Å². The molecule has 116 valence electrons. The fraction of sp³-hybridized carbons (Fsp3) is 0.286. The number of aryl methyl sites for hydroxylation is 1. The monoisotopic (exact) mass is 303 g/mol. The van der Waals surface area contributed by atoms with Crippen LogP contribution in [0.15, 0.2) is 41.4 Å². The van der Waals surface area contributed by atoms with Crippen molar-refractivity contribution in [3.05, 3.63) is 48.4 Å². The van der Waals surface area contributed by atoms with E-state index >= 15 is 0 Å². The van der Waals surface area contributed by atoms with E-state index in [0.29, 0.717) is 0 Å². The van der Waals surface area contributed by atoms with Crippen LogP contribution in [0.1, 0.15) is 29.6 Å². The van der Waals surface area contributed by atoms with Crippen LogP contribution in [0.2, 0.25) is 0 Å².